The van der Waals surface area contributed by atoms with Crippen molar-refractivity contribution in [2.45, 2.75) is 51.1 Å². The monoisotopic (exact) mass is 267 g/mol. The summed E-state index contributed by atoms with van der Waals surface area (Å²) in [5, 5.41) is 0. The van der Waals surface area contributed by atoms with Crippen molar-refractivity contribution in [1.29, 1.82) is 0 Å². The van der Waals surface area contributed by atoms with E-state index in [-0.39, 0.29) is 5.54 Å². The van der Waals surface area contributed by atoms with Crippen molar-refractivity contribution in [3.05, 3.63) is 53.5 Å². The number of anilines is 1. The molecule has 1 saturated carbocycles. The number of rotatable bonds is 1. The summed E-state index contributed by atoms with van der Waals surface area (Å²) in [5.41, 5.74) is 4.21. The van der Waals surface area contributed by atoms with Crippen molar-refractivity contribution in [2.75, 3.05) is 4.90 Å². The lowest BCUT2D eigenvalue weighted by atomic mass is 9.93. The Morgan fingerprint density at radius 2 is 1.90 bits per heavy atom. The molecule has 1 aliphatic carbocycles. The van der Waals surface area contributed by atoms with E-state index < -0.39 is 0 Å². The Morgan fingerprint density at radius 1 is 1.15 bits per heavy atom. The Hall–Kier alpha value is -1.70. The van der Waals surface area contributed by atoms with Crippen molar-refractivity contribution in [2.24, 2.45) is 0 Å². The minimum absolute atomic E-state index is 0.102. The van der Waals surface area contributed by atoms with Crippen LogP contribution in [0.5, 0.6) is 0 Å². The van der Waals surface area contributed by atoms with Crippen LogP contribution < -0.4 is 4.90 Å². The second-order valence-electron chi connectivity index (χ2n) is 6.28. The van der Waals surface area contributed by atoms with Gasteiger partial charge in [0, 0.05) is 11.3 Å². The molecular weight excluding hydrogens is 246 g/mol. The first-order chi connectivity index (χ1) is 9.74. The highest BCUT2D eigenvalue weighted by molar-refractivity contribution is 5.62. The van der Waals surface area contributed by atoms with Gasteiger partial charge in [-0.2, -0.15) is 0 Å². The average molecular weight is 267 g/mol. The van der Waals surface area contributed by atoms with Gasteiger partial charge < -0.3 is 9.32 Å². The third kappa shape index (κ3) is 1.39. The molecular formula is C18H21NO. The Kier molecular flexibility index (Phi) is 2.50. The minimum Gasteiger partial charge on any atom is -0.466 e. The van der Waals surface area contributed by atoms with E-state index in [9.17, 15) is 0 Å². The van der Waals surface area contributed by atoms with E-state index in [0.29, 0.717) is 6.04 Å². The fourth-order valence-corrected chi connectivity index (χ4v) is 4.35. The highest BCUT2D eigenvalue weighted by Gasteiger charge is 2.53. The van der Waals surface area contributed by atoms with Gasteiger partial charge in [-0.05, 0) is 44.4 Å². The molecule has 2 aromatic rings. The van der Waals surface area contributed by atoms with Crippen LogP contribution in [0.15, 0.2) is 41.0 Å². The smallest absolute Gasteiger partial charge is 0.134 e. The zero-order valence-corrected chi connectivity index (χ0v) is 12.2. The summed E-state index contributed by atoms with van der Waals surface area (Å²) in [5.74, 6) is 1.23. The van der Waals surface area contributed by atoms with E-state index in [1.807, 2.05) is 6.26 Å². The first-order valence-corrected chi connectivity index (χ1v) is 7.67. The van der Waals surface area contributed by atoms with Crippen LogP contribution in [0, 0.1) is 6.92 Å². The van der Waals surface area contributed by atoms with Crippen LogP contribution in [0.25, 0.3) is 0 Å². The van der Waals surface area contributed by atoms with Crippen molar-refractivity contribution < 1.29 is 4.42 Å². The van der Waals surface area contributed by atoms with Gasteiger partial charge in [-0.15, -0.1) is 0 Å². The van der Waals surface area contributed by atoms with E-state index in [0.717, 1.165) is 0 Å². The lowest BCUT2D eigenvalue weighted by molar-refractivity contribution is 0.337. The van der Waals surface area contributed by atoms with E-state index in [1.165, 1.54) is 48.3 Å². The zero-order valence-electron chi connectivity index (χ0n) is 12.2. The molecule has 1 aromatic carbocycles. The Labute approximate surface area is 120 Å². The van der Waals surface area contributed by atoms with Crippen LogP contribution in [-0.2, 0) is 5.54 Å². The molecule has 2 nitrogen and oxygen atoms in total. The molecule has 104 valence electrons. The molecule has 0 amide bonds. The van der Waals surface area contributed by atoms with Gasteiger partial charge in [-0.1, -0.05) is 31.0 Å². The quantitative estimate of drug-likeness (QED) is 0.727. The third-order valence-corrected chi connectivity index (χ3v) is 5.22. The topological polar surface area (TPSA) is 16.4 Å². The molecule has 1 aromatic heterocycles. The van der Waals surface area contributed by atoms with Crippen LogP contribution in [0.3, 0.4) is 0 Å². The van der Waals surface area contributed by atoms with Gasteiger partial charge in [0.05, 0.1) is 17.8 Å². The number of aryl methyl sites for hydroxylation is 1. The summed E-state index contributed by atoms with van der Waals surface area (Å²) >= 11 is 0. The molecule has 1 atom stereocenters. The molecule has 0 N–H and O–H groups in total. The SMILES string of the molecule is Cc1ccccc1N1[C@@H](C)c2ccoc2C12CCCC2. The van der Waals surface area contributed by atoms with E-state index in [1.54, 1.807) is 0 Å². The van der Waals surface area contributed by atoms with E-state index in [2.05, 4.69) is 49.1 Å². The van der Waals surface area contributed by atoms with Crippen molar-refractivity contribution in [3.63, 3.8) is 0 Å². The molecule has 2 heteroatoms. The fourth-order valence-electron chi connectivity index (χ4n) is 4.35. The van der Waals surface area contributed by atoms with Gasteiger partial charge in [-0.25, -0.2) is 0 Å². The number of furan rings is 1. The largest absolute Gasteiger partial charge is 0.466 e. The standard InChI is InChI=1S/C18H21NO/c1-13-7-3-4-8-16(13)19-14(2)15-9-12-20-17(15)18(19)10-5-6-11-18/h3-4,7-9,12,14H,5-6,10-11H2,1-2H3/t14-/m0/s1. The number of fused-ring (bicyclic) bond motifs is 2. The maximum Gasteiger partial charge on any atom is 0.134 e. The van der Waals surface area contributed by atoms with Crippen LogP contribution in [0.2, 0.25) is 0 Å². The summed E-state index contributed by atoms with van der Waals surface area (Å²) in [6.07, 6.45) is 6.90. The number of hydrogen-bond donors (Lipinski definition) is 0. The maximum absolute atomic E-state index is 5.93. The Morgan fingerprint density at radius 3 is 2.65 bits per heavy atom. The predicted molar refractivity (Wildman–Crippen MR) is 80.9 cm³/mol. The second kappa shape index (κ2) is 4.15. The summed E-state index contributed by atoms with van der Waals surface area (Å²) in [4.78, 5) is 2.63. The normalized spacial score (nSPS) is 23.5. The molecule has 0 radical (unpaired) electrons. The van der Waals surface area contributed by atoms with Gasteiger partial charge >= 0.3 is 0 Å². The van der Waals surface area contributed by atoms with Crippen LogP contribution in [0.4, 0.5) is 5.69 Å². The lowest BCUT2D eigenvalue weighted by Crippen LogP contribution is -2.40. The average Bonchev–Trinajstić information content (AvgIpc) is 3.12. The minimum atomic E-state index is 0.102. The highest BCUT2D eigenvalue weighted by Crippen LogP contribution is 2.56. The van der Waals surface area contributed by atoms with E-state index >= 15 is 0 Å². The van der Waals surface area contributed by atoms with Crippen LogP contribution in [0.1, 0.15) is 55.5 Å². The van der Waals surface area contributed by atoms with Gasteiger partial charge in [0.2, 0.25) is 0 Å². The van der Waals surface area contributed by atoms with Gasteiger partial charge in [0.1, 0.15) is 5.76 Å². The molecule has 20 heavy (non-hydrogen) atoms. The molecule has 1 spiro atoms. The van der Waals surface area contributed by atoms with E-state index in [4.69, 9.17) is 4.42 Å². The summed E-state index contributed by atoms with van der Waals surface area (Å²) in [6.45, 7) is 4.53. The predicted octanol–water partition coefficient (Wildman–Crippen LogP) is 4.94. The molecule has 1 aliphatic heterocycles. The molecule has 2 aliphatic rings. The Balaban J connectivity index is 1.91. The van der Waals surface area contributed by atoms with Crippen LogP contribution in [-0.4, -0.2) is 0 Å². The van der Waals surface area contributed by atoms with Crippen molar-refractivity contribution >= 4 is 5.69 Å². The first-order valence-electron chi connectivity index (χ1n) is 7.67. The lowest BCUT2D eigenvalue weighted by Gasteiger charge is -2.40. The van der Waals surface area contributed by atoms with Crippen molar-refractivity contribution in [1.82, 2.24) is 0 Å². The fraction of sp³-hybridized carbons (Fsp3) is 0.444. The highest BCUT2D eigenvalue weighted by atomic mass is 16.3. The number of hydrogen-bond acceptors (Lipinski definition) is 2. The zero-order chi connectivity index (χ0) is 13.7. The summed E-state index contributed by atoms with van der Waals surface area (Å²) in [6, 6.07) is 11.3. The molecule has 0 unspecified atom stereocenters. The molecule has 1 fully saturated rings. The third-order valence-electron chi connectivity index (χ3n) is 5.22. The molecule has 2 heterocycles. The number of nitrogens with zero attached hydrogens (tertiary/aromatic N) is 1. The van der Waals surface area contributed by atoms with Gasteiger partial charge in [0.15, 0.2) is 0 Å². The summed E-state index contributed by atoms with van der Waals surface area (Å²) < 4.78 is 5.93. The van der Waals surface area contributed by atoms with Crippen molar-refractivity contribution in [3.8, 4) is 0 Å². The Bertz CT molecular complexity index is 636. The second-order valence-corrected chi connectivity index (χ2v) is 6.28. The first kappa shape index (κ1) is 12.1. The summed E-state index contributed by atoms with van der Waals surface area (Å²) in [7, 11) is 0. The molecule has 0 bridgehead atoms. The van der Waals surface area contributed by atoms with Gasteiger partial charge in [-0.3, -0.25) is 0 Å². The molecule has 0 saturated heterocycles. The maximum atomic E-state index is 5.93. The molecule has 4 rings (SSSR count). The number of benzene rings is 1. The van der Waals surface area contributed by atoms with Crippen LogP contribution >= 0.6 is 0 Å². The van der Waals surface area contributed by atoms with Gasteiger partial charge in [0.25, 0.3) is 0 Å². The number of para-hydroxylation sites is 1.